The number of amides is 1. The number of nitrogens with zero attached hydrogens (tertiary/aromatic N) is 1. The average molecular weight is 293 g/mol. The number of carbonyl (C=O) groups is 2. The average Bonchev–Trinajstić information content (AvgIpc) is 2.40. The Morgan fingerprint density at radius 1 is 1.38 bits per heavy atom. The molecule has 1 aromatic rings. The molecule has 1 aliphatic heterocycles. The highest BCUT2D eigenvalue weighted by molar-refractivity contribution is 5.96. The summed E-state index contributed by atoms with van der Waals surface area (Å²) in [6.45, 7) is 6.16. The third-order valence-corrected chi connectivity index (χ3v) is 3.96. The Morgan fingerprint density at radius 3 is 2.67 bits per heavy atom. The second kappa shape index (κ2) is 6.24. The van der Waals surface area contributed by atoms with Crippen LogP contribution in [0.1, 0.15) is 28.4 Å². The van der Waals surface area contributed by atoms with Crippen molar-refractivity contribution in [2.75, 3.05) is 19.7 Å². The molecule has 0 N–H and O–H groups in total. The highest BCUT2D eigenvalue weighted by atomic mass is 19.1. The molecule has 1 atom stereocenters. The molecular formula is C16H20FNO3. The van der Waals surface area contributed by atoms with E-state index in [-0.39, 0.29) is 25.6 Å². The van der Waals surface area contributed by atoms with Gasteiger partial charge in [0, 0.05) is 24.6 Å². The number of rotatable bonds is 4. The van der Waals surface area contributed by atoms with Gasteiger partial charge in [-0.1, -0.05) is 12.1 Å². The van der Waals surface area contributed by atoms with Gasteiger partial charge in [-0.2, -0.15) is 0 Å². The number of ether oxygens (including phenoxy) is 1. The maximum absolute atomic E-state index is 13.8. The van der Waals surface area contributed by atoms with E-state index in [1.54, 1.807) is 17.9 Å². The van der Waals surface area contributed by atoms with Crippen LogP contribution in [0.15, 0.2) is 18.2 Å². The lowest BCUT2D eigenvalue weighted by Crippen LogP contribution is -2.55. The number of carbonyl (C=O) groups excluding carboxylic acids is 2. The summed E-state index contributed by atoms with van der Waals surface area (Å²) in [5, 5.41) is 0. The fourth-order valence-corrected chi connectivity index (χ4v) is 2.43. The summed E-state index contributed by atoms with van der Waals surface area (Å²) < 4.78 is 18.5. The minimum Gasteiger partial charge on any atom is -0.464 e. The van der Waals surface area contributed by atoms with Crippen molar-refractivity contribution in [2.24, 2.45) is 5.92 Å². The van der Waals surface area contributed by atoms with Crippen molar-refractivity contribution in [1.29, 1.82) is 0 Å². The van der Waals surface area contributed by atoms with Crippen molar-refractivity contribution in [3.05, 3.63) is 34.9 Å². The Morgan fingerprint density at radius 2 is 2.05 bits per heavy atom. The van der Waals surface area contributed by atoms with Crippen LogP contribution in [0, 0.1) is 19.8 Å². The van der Waals surface area contributed by atoms with E-state index in [1.165, 1.54) is 0 Å². The summed E-state index contributed by atoms with van der Waals surface area (Å²) in [6.07, 6.45) is -1.65. The van der Waals surface area contributed by atoms with Crippen LogP contribution < -0.4 is 0 Å². The molecule has 1 aliphatic rings. The normalized spacial score (nSPS) is 16.3. The molecule has 2 rings (SSSR count). The van der Waals surface area contributed by atoms with E-state index in [0.29, 0.717) is 5.56 Å². The molecule has 1 aromatic carbocycles. The van der Waals surface area contributed by atoms with Gasteiger partial charge in [-0.05, 0) is 38.0 Å². The van der Waals surface area contributed by atoms with E-state index in [0.717, 1.165) is 11.1 Å². The molecule has 0 aliphatic carbocycles. The first-order valence-electron chi connectivity index (χ1n) is 7.11. The number of likely N-dealkylation sites (tertiary alicyclic amines) is 1. The summed E-state index contributed by atoms with van der Waals surface area (Å²) in [4.78, 5) is 25.2. The first-order chi connectivity index (χ1) is 9.95. The lowest BCUT2D eigenvalue weighted by molar-refractivity contribution is -0.153. The SMILES string of the molecule is CCOC(=O)[C@H](F)C1CN(C(=O)c2cccc(C)c2C)C1. The fraction of sp³-hybridized carbons (Fsp3) is 0.500. The molecule has 4 nitrogen and oxygen atoms in total. The topological polar surface area (TPSA) is 46.6 Å². The van der Waals surface area contributed by atoms with Crippen molar-refractivity contribution >= 4 is 11.9 Å². The van der Waals surface area contributed by atoms with E-state index in [4.69, 9.17) is 0 Å². The van der Waals surface area contributed by atoms with Crippen molar-refractivity contribution in [2.45, 2.75) is 26.9 Å². The Kier molecular flexibility index (Phi) is 4.60. The number of hydrogen-bond acceptors (Lipinski definition) is 3. The lowest BCUT2D eigenvalue weighted by Gasteiger charge is -2.40. The molecule has 0 unspecified atom stereocenters. The molecule has 0 aromatic heterocycles. The van der Waals surface area contributed by atoms with Crippen LogP contribution in [0.3, 0.4) is 0 Å². The van der Waals surface area contributed by atoms with Gasteiger partial charge < -0.3 is 9.64 Å². The van der Waals surface area contributed by atoms with Crippen molar-refractivity contribution in [3.63, 3.8) is 0 Å². The number of aryl methyl sites for hydroxylation is 1. The molecule has 114 valence electrons. The summed E-state index contributed by atoms with van der Waals surface area (Å²) in [7, 11) is 0. The molecule has 1 fully saturated rings. The number of hydrogen-bond donors (Lipinski definition) is 0. The first kappa shape index (κ1) is 15.5. The smallest absolute Gasteiger partial charge is 0.341 e. The Balaban J connectivity index is 1.97. The Labute approximate surface area is 123 Å². The van der Waals surface area contributed by atoms with Gasteiger partial charge in [-0.3, -0.25) is 4.79 Å². The first-order valence-corrected chi connectivity index (χ1v) is 7.11. The zero-order valence-corrected chi connectivity index (χ0v) is 12.6. The quantitative estimate of drug-likeness (QED) is 0.800. The summed E-state index contributed by atoms with van der Waals surface area (Å²) in [5.74, 6) is -1.40. The third-order valence-electron chi connectivity index (χ3n) is 3.96. The van der Waals surface area contributed by atoms with Crippen LogP contribution in [-0.2, 0) is 9.53 Å². The van der Waals surface area contributed by atoms with Crippen molar-refractivity contribution in [3.8, 4) is 0 Å². The van der Waals surface area contributed by atoms with E-state index < -0.39 is 18.1 Å². The van der Waals surface area contributed by atoms with Gasteiger partial charge in [0.15, 0.2) is 0 Å². The zero-order chi connectivity index (χ0) is 15.6. The zero-order valence-electron chi connectivity index (χ0n) is 12.6. The van der Waals surface area contributed by atoms with Crippen molar-refractivity contribution in [1.82, 2.24) is 4.90 Å². The number of halogens is 1. The van der Waals surface area contributed by atoms with Crippen molar-refractivity contribution < 1.29 is 18.7 Å². The van der Waals surface area contributed by atoms with Crippen LogP contribution in [-0.4, -0.2) is 42.6 Å². The van der Waals surface area contributed by atoms with E-state index in [1.807, 2.05) is 26.0 Å². The molecule has 1 amide bonds. The largest absolute Gasteiger partial charge is 0.464 e. The second-order valence-corrected chi connectivity index (χ2v) is 5.37. The van der Waals surface area contributed by atoms with Crippen LogP contribution in [0.2, 0.25) is 0 Å². The predicted octanol–water partition coefficient (Wildman–Crippen LogP) is 2.28. The Hall–Kier alpha value is -1.91. The molecule has 0 saturated carbocycles. The maximum atomic E-state index is 13.8. The minimum absolute atomic E-state index is 0.108. The summed E-state index contributed by atoms with van der Waals surface area (Å²) >= 11 is 0. The second-order valence-electron chi connectivity index (χ2n) is 5.37. The Bertz CT molecular complexity index is 552. The number of esters is 1. The van der Waals surface area contributed by atoms with Gasteiger partial charge in [0.25, 0.3) is 5.91 Å². The van der Waals surface area contributed by atoms with Crippen LogP contribution in [0.4, 0.5) is 4.39 Å². The molecule has 1 saturated heterocycles. The van der Waals surface area contributed by atoms with E-state index >= 15 is 0 Å². The van der Waals surface area contributed by atoms with Gasteiger partial charge in [0.05, 0.1) is 6.61 Å². The van der Waals surface area contributed by atoms with Gasteiger partial charge >= 0.3 is 5.97 Å². The van der Waals surface area contributed by atoms with Gasteiger partial charge in [-0.15, -0.1) is 0 Å². The highest BCUT2D eigenvalue weighted by Gasteiger charge is 2.41. The van der Waals surface area contributed by atoms with Gasteiger partial charge in [0.2, 0.25) is 6.17 Å². The minimum atomic E-state index is -1.65. The summed E-state index contributed by atoms with van der Waals surface area (Å²) in [6, 6.07) is 5.56. The van der Waals surface area contributed by atoms with Gasteiger partial charge in [0.1, 0.15) is 0 Å². The highest BCUT2D eigenvalue weighted by Crippen LogP contribution is 2.25. The molecule has 21 heavy (non-hydrogen) atoms. The molecule has 1 heterocycles. The van der Waals surface area contributed by atoms with Crippen LogP contribution in [0.25, 0.3) is 0 Å². The number of benzene rings is 1. The molecule has 0 spiro atoms. The van der Waals surface area contributed by atoms with E-state index in [9.17, 15) is 14.0 Å². The molecular weight excluding hydrogens is 273 g/mol. The molecule has 0 bridgehead atoms. The van der Waals surface area contributed by atoms with Crippen LogP contribution in [0.5, 0.6) is 0 Å². The van der Waals surface area contributed by atoms with E-state index in [2.05, 4.69) is 4.74 Å². The standard InChI is InChI=1S/C16H20FNO3/c1-4-21-16(20)14(17)12-8-18(9-12)15(19)13-7-5-6-10(2)11(13)3/h5-7,12,14H,4,8-9H2,1-3H3/t14-/m1/s1. The van der Waals surface area contributed by atoms with Gasteiger partial charge in [-0.25, -0.2) is 9.18 Å². The number of alkyl halides is 1. The molecule has 0 radical (unpaired) electrons. The predicted molar refractivity (Wildman–Crippen MR) is 76.8 cm³/mol. The summed E-state index contributed by atoms with van der Waals surface area (Å²) in [5.41, 5.74) is 2.63. The molecule has 5 heteroatoms. The third kappa shape index (κ3) is 3.06. The lowest BCUT2D eigenvalue weighted by atomic mass is 9.92. The van der Waals surface area contributed by atoms with Crippen LogP contribution >= 0.6 is 0 Å². The fourth-order valence-electron chi connectivity index (χ4n) is 2.43. The monoisotopic (exact) mass is 293 g/mol. The maximum Gasteiger partial charge on any atom is 0.341 e.